The van der Waals surface area contributed by atoms with Gasteiger partial charge in [-0.1, -0.05) is 38.5 Å². The van der Waals surface area contributed by atoms with Gasteiger partial charge in [-0.2, -0.15) is 13.2 Å². The van der Waals surface area contributed by atoms with Crippen LogP contribution in [0.15, 0.2) is 30.5 Å². The third-order valence-electron chi connectivity index (χ3n) is 4.52. The summed E-state index contributed by atoms with van der Waals surface area (Å²) in [5.41, 5.74) is 7.66. The van der Waals surface area contributed by atoms with Gasteiger partial charge in [-0.05, 0) is 17.5 Å². The van der Waals surface area contributed by atoms with Crippen LogP contribution in [0.25, 0.3) is 10.9 Å². The van der Waals surface area contributed by atoms with E-state index in [-0.39, 0.29) is 12.3 Å². The maximum absolute atomic E-state index is 12.1. The summed E-state index contributed by atoms with van der Waals surface area (Å²) >= 11 is 0. The highest BCUT2D eigenvalue weighted by molar-refractivity contribution is 5.88. The summed E-state index contributed by atoms with van der Waals surface area (Å²) in [4.78, 5) is 35.6. The summed E-state index contributed by atoms with van der Waals surface area (Å²) in [6, 6.07) is 5.94. The maximum Gasteiger partial charge on any atom is 0.490 e. The predicted octanol–water partition coefficient (Wildman–Crippen LogP) is 2.29. The molecule has 0 spiro atoms. The summed E-state index contributed by atoms with van der Waals surface area (Å²) in [5, 5.41) is 20.0. The average Bonchev–Trinajstić information content (AvgIpc) is 3.08. The second-order valence-electron chi connectivity index (χ2n) is 6.68. The number of H-pyrrole nitrogens is 1. The van der Waals surface area contributed by atoms with Crippen LogP contribution in [0.1, 0.15) is 25.8 Å². The number of hydrogen-bond acceptors (Lipinski definition) is 4. The van der Waals surface area contributed by atoms with E-state index in [4.69, 9.17) is 15.6 Å². The molecule has 1 heterocycles. The molecule has 1 aromatic heterocycles. The zero-order valence-electron chi connectivity index (χ0n) is 16.4. The topological polar surface area (TPSA) is 146 Å². The molecule has 1 amide bonds. The van der Waals surface area contributed by atoms with Gasteiger partial charge in [0.15, 0.2) is 0 Å². The number of benzene rings is 1. The molecule has 0 saturated carbocycles. The zero-order chi connectivity index (χ0) is 23.1. The molecule has 0 aliphatic rings. The molecular weight excluding hydrogens is 407 g/mol. The largest absolute Gasteiger partial charge is 0.490 e. The molecule has 0 saturated heterocycles. The quantitative estimate of drug-likeness (QED) is 0.455. The fraction of sp³-hybridized carbons (Fsp3) is 0.421. The Morgan fingerprint density at radius 3 is 2.27 bits per heavy atom. The molecule has 8 nitrogen and oxygen atoms in total. The Hall–Kier alpha value is -3.08. The van der Waals surface area contributed by atoms with E-state index in [2.05, 4.69) is 10.3 Å². The number of nitrogens with one attached hydrogen (secondary N) is 2. The summed E-state index contributed by atoms with van der Waals surface area (Å²) in [7, 11) is 0. The fourth-order valence-corrected chi connectivity index (χ4v) is 2.50. The van der Waals surface area contributed by atoms with Crippen LogP contribution in [-0.2, 0) is 20.8 Å². The van der Waals surface area contributed by atoms with Crippen molar-refractivity contribution >= 4 is 28.7 Å². The van der Waals surface area contributed by atoms with Gasteiger partial charge < -0.3 is 26.2 Å². The number of halogens is 3. The number of aromatic nitrogens is 1. The standard InChI is InChI=1S/C17H23N3O3.C2HF3O2/c1-3-10(2)15(18)16(21)20-14(17(22)23)8-11-9-19-13-7-5-4-6-12(11)13;3-2(4,5)1(6)7/h4-7,9-10,14-15,19H,3,8,18H2,1-2H3,(H,20,21)(H,22,23);(H,6,7)/t10-,14-,15-;/m0./s1. The smallest absolute Gasteiger partial charge is 0.480 e. The molecule has 0 aliphatic carbocycles. The number of hydrogen-bond donors (Lipinski definition) is 5. The predicted molar refractivity (Wildman–Crippen MR) is 103 cm³/mol. The van der Waals surface area contributed by atoms with Crippen molar-refractivity contribution in [1.29, 1.82) is 0 Å². The molecule has 0 fully saturated rings. The molecule has 166 valence electrons. The van der Waals surface area contributed by atoms with Crippen LogP contribution in [0, 0.1) is 5.92 Å². The van der Waals surface area contributed by atoms with E-state index in [1.807, 2.05) is 38.1 Å². The number of para-hydroxylation sites is 1. The summed E-state index contributed by atoms with van der Waals surface area (Å²) < 4.78 is 31.7. The molecule has 30 heavy (non-hydrogen) atoms. The lowest BCUT2D eigenvalue weighted by Gasteiger charge is -2.21. The van der Waals surface area contributed by atoms with Gasteiger partial charge in [0.05, 0.1) is 6.04 Å². The summed E-state index contributed by atoms with van der Waals surface area (Å²) in [5.74, 6) is -4.25. The van der Waals surface area contributed by atoms with Gasteiger partial charge >= 0.3 is 18.1 Å². The van der Waals surface area contributed by atoms with Gasteiger partial charge in [0.2, 0.25) is 5.91 Å². The Bertz CT molecular complexity index is 882. The van der Waals surface area contributed by atoms with Crippen LogP contribution in [0.5, 0.6) is 0 Å². The van der Waals surface area contributed by atoms with Crippen molar-refractivity contribution in [3.63, 3.8) is 0 Å². The molecule has 0 unspecified atom stereocenters. The molecule has 0 bridgehead atoms. The van der Waals surface area contributed by atoms with Crippen LogP contribution in [0.3, 0.4) is 0 Å². The number of fused-ring (bicyclic) bond motifs is 1. The minimum atomic E-state index is -5.08. The molecule has 0 aliphatic heterocycles. The van der Waals surface area contributed by atoms with Crippen LogP contribution in [0.2, 0.25) is 0 Å². The number of carboxylic acid groups (broad SMARTS) is 2. The van der Waals surface area contributed by atoms with E-state index in [9.17, 15) is 27.9 Å². The number of alkyl halides is 3. The fourth-order valence-electron chi connectivity index (χ4n) is 2.50. The first-order valence-corrected chi connectivity index (χ1v) is 9.02. The van der Waals surface area contributed by atoms with Crippen LogP contribution >= 0.6 is 0 Å². The van der Waals surface area contributed by atoms with Gasteiger partial charge in [0.1, 0.15) is 6.04 Å². The van der Waals surface area contributed by atoms with Crippen molar-refractivity contribution in [3.05, 3.63) is 36.0 Å². The number of aromatic amines is 1. The highest BCUT2D eigenvalue weighted by Gasteiger charge is 2.38. The van der Waals surface area contributed by atoms with E-state index < -0.39 is 36.1 Å². The van der Waals surface area contributed by atoms with E-state index in [0.717, 1.165) is 22.9 Å². The van der Waals surface area contributed by atoms with Crippen molar-refractivity contribution in [2.75, 3.05) is 0 Å². The first-order chi connectivity index (χ1) is 13.9. The highest BCUT2D eigenvalue weighted by Crippen LogP contribution is 2.19. The zero-order valence-corrected chi connectivity index (χ0v) is 16.4. The Kier molecular flexibility index (Phi) is 8.84. The van der Waals surface area contributed by atoms with Crippen LogP contribution in [-0.4, -0.2) is 51.3 Å². The number of carbonyl (C=O) groups excluding carboxylic acids is 1. The summed E-state index contributed by atoms with van der Waals surface area (Å²) in [6.07, 6.45) is -2.34. The molecule has 2 aromatic rings. The van der Waals surface area contributed by atoms with Crippen molar-refractivity contribution < 1.29 is 37.8 Å². The van der Waals surface area contributed by atoms with E-state index in [1.165, 1.54) is 0 Å². The molecule has 1 aromatic carbocycles. The number of carbonyl (C=O) groups is 3. The van der Waals surface area contributed by atoms with Gasteiger partial charge in [0.25, 0.3) is 0 Å². The molecule has 0 radical (unpaired) electrons. The van der Waals surface area contributed by atoms with Crippen LogP contribution < -0.4 is 11.1 Å². The number of rotatable bonds is 7. The van der Waals surface area contributed by atoms with E-state index >= 15 is 0 Å². The lowest BCUT2D eigenvalue weighted by Crippen LogP contribution is -2.51. The van der Waals surface area contributed by atoms with Crippen molar-refractivity contribution in [2.45, 2.75) is 44.9 Å². The Morgan fingerprint density at radius 1 is 1.20 bits per heavy atom. The average molecular weight is 431 g/mol. The van der Waals surface area contributed by atoms with E-state index in [0.29, 0.717) is 0 Å². The van der Waals surface area contributed by atoms with E-state index in [1.54, 1.807) is 6.20 Å². The molecule has 2 rings (SSSR count). The normalized spacial score (nSPS) is 14.2. The van der Waals surface area contributed by atoms with Crippen LogP contribution in [0.4, 0.5) is 13.2 Å². The second-order valence-corrected chi connectivity index (χ2v) is 6.68. The number of carboxylic acids is 2. The number of amides is 1. The highest BCUT2D eigenvalue weighted by atomic mass is 19.4. The Balaban J connectivity index is 0.000000553. The second kappa shape index (κ2) is 10.6. The Morgan fingerprint density at radius 2 is 1.77 bits per heavy atom. The summed E-state index contributed by atoms with van der Waals surface area (Å²) in [6.45, 7) is 3.82. The minimum Gasteiger partial charge on any atom is -0.480 e. The van der Waals surface area contributed by atoms with Gasteiger partial charge in [0, 0.05) is 23.5 Å². The molecule has 3 atom stereocenters. The lowest BCUT2D eigenvalue weighted by atomic mass is 9.98. The number of nitrogens with two attached hydrogens (primary N) is 1. The molecule has 6 N–H and O–H groups in total. The van der Waals surface area contributed by atoms with Crippen molar-refractivity contribution in [3.8, 4) is 0 Å². The third kappa shape index (κ3) is 7.07. The maximum atomic E-state index is 12.1. The molecule has 11 heteroatoms. The van der Waals surface area contributed by atoms with Gasteiger partial charge in [-0.25, -0.2) is 9.59 Å². The lowest BCUT2D eigenvalue weighted by molar-refractivity contribution is -0.192. The first-order valence-electron chi connectivity index (χ1n) is 9.02. The van der Waals surface area contributed by atoms with Gasteiger partial charge in [-0.15, -0.1) is 0 Å². The monoisotopic (exact) mass is 431 g/mol. The van der Waals surface area contributed by atoms with Gasteiger partial charge in [-0.3, -0.25) is 4.79 Å². The Labute approximate surface area is 170 Å². The SMILES string of the molecule is CC[C@H](C)[C@H](N)C(=O)N[C@@H](Cc1c[nH]c2ccccc12)C(=O)O.O=C(O)C(F)(F)F. The minimum absolute atomic E-state index is 0.00228. The number of aliphatic carboxylic acids is 2. The van der Waals surface area contributed by atoms with Crippen molar-refractivity contribution in [1.82, 2.24) is 10.3 Å². The third-order valence-corrected chi connectivity index (χ3v) is 4.52. The molecular formula is C19H24F3N3O5. The first kappa shape index (κ1) is 25.0. The van der Waals surface area contributed by atoms with Crippen molar-refractivity contribution in [2.24, 2.45) is 11.7 Å².